The van der Waals surface area contributed by atoms with Gasteiger partial charge in [-0.15, -0.1) is 0 Å². The van der Waals surface area contributed by atoms with Gasteiger partial charge in [-0.05, 0) is 23.3 Å². The molecule has 0 atom stereocenters. The molecule has 5 heteroatoms. The van der Waals surface area contributed by atoms with Crippen LogP contribution in [0.3, 0.4) is 0 Å². The quantitative estimate of drug-likeness (QED) is 0.943. The summed E-state index contributed by atoms with van der Waals surface area (Å²) < 4.78 is 0. The van der Waals surface area contributed by atoms with Crippen LogP contribution in [0.5, 0.6) is 0 Å². The second-order valence-corrected chi connectivity index (χ2v) is 5.59. The maximum Gasteiger partial charge on any atom is 0.254 e. The van der Waals surface area contributed by atoms with E-state index in [1.165, 1.54) is 0 Å². The van der Waals surface area contributed by atoms with E-state index >= 15 is 0 Å². The minimum absolute atomic E-state index is 0.0535. The fourth-order valence-corrected chi connectivity index (χ4v) is 2.71. The van der Waals surface area contributed by atoms with Gasteiger partial charge in [0.05, 0.1) is 0 Å². The molecular weight excluding hydrogens is 300 g/mol. The van der Waals surface area contributed by atoms with Gasteiger partial charge >= 0.3 is 0 Å². The van der Waals surface area contributed by atoms with E-state index in [1.54, 1.807) is 17.0 Å². The summed E-state index contributed by atoms with van der Waals surface area (Å²) in [4.78, 5) is 25.8. The van der Waals surface area contributed by atoms with Crippen LogP contribution in [-0.4, -0.2) is 23.3 Å². The number of hydrogen-bond acceptors (Lipinski definition) is 2. The maximum atomic E-state index is 12.2. The molecule has 22 heavy (non-hydrogen) atoms. The number of carbonyl (C=O) groups is 2. The first-order chi connectivity index (χ1) is 10.6. The average molecular weight is 315 g/mol. The second-order valence-electron chi connectivity index (χ2n) is 5.19. The van der Waals surface area contributed by atoms with E-state index in [1.807, 2.05) is 36.4 Å². The molecule has 0 fully saturated rings. The van der Waals surface area contributed by atoms with Gasteiger partial charge in [-0.25, -0.2) is 0 Å². The van der Waals surface area contributed by atoms with Crippen LogP contribution in [0, 0.1) is 0 Å². The third-order valence-electron chi connectivity index (χ3n) is 3.66. The van der Waals surface area contributed by atoms with Gasteiger partial charge in [-0.1, -0.05) is 48.0 Å². The predicted molar refractivity (Wildman–Crippen MR) is 84.5 cm³/mol. The van der Waals surface area contributed by atoms with E-state index in [2.05, 4.69) is 5.32 Å². The van der Waals surface area contributed by atoms with Crippen LogP contribution in [-0.2, 0) is 17.9 Å². The number of amides is 2. The number of halogens is 1. The van der Waals surface area contributed by atoms with Crippen molar-refractivity contribution >= 4 is 23.4 Å². The Hall–Kier alpha value is -2.33. The fraction of sp³-hybridized carbons (Fsp3) is 0.176. The molecule has 0 aliphatic carbocycles. The molecule has 1 N–H and O–H groups in total. The first-order valence-electron chi connectivity index (χ1n) is 7.02. The first kappa shape index (κ1) is 14.6. The molecule has 4 nitrogen and oxygen atoms in total. The van der Waals surface area contributed by atoms with Crippen molar-refractivity contribution in [3.8, 4) is 0 Å². The summed E-state index contributed by atoms with van der Waals surface area (Å²) in [5.74, 6) is -0.287. The van der Waals surface area contributed by atoms with Crippen molar-refractivity contribution in [1.29, 1.82) is 0 Å². The lowest BCUT2D eigenvalue weighted by Gasteiger charge is -2.15. The highest BCUT2D eigenvalue weighted by Crippen LogP contribution is 2.21. The molecule has 0 aromatic heterocycles. The fourth-order valence-electron chi connectivity index (χ4n) is 2.51. The largest absolute Gasteiger partial charge is 0.350 e. The second kappa shape index (κ2) is 6.20. The molecule has 1 heterocycles. The summed E-state index contributed by atoms with van der Waals surface area (Å²) in [6.45, 7) is 0.889. The zero-order chi connectivity index (χ0) is 15.5. The Kier molecular flexibility index (Phi) is 4.11. The van der Waals surface area contributed by atoms with E-state index in [-0.39, 0.29) is 18.4 Å². The minimum Gasteiger partial charge on any atom is -0.350 e. The summed E-state index contributed by atoms with van der Waals surface area (Å²) in [7, 11) is 0. The van der Waals surface area contributed by atoms with Gasteiger partial charge in [0.1, 0.15) is 6.54 Å². The van der Waals surface area contributed by atoms with Gasteiger partial charge in [-0.3, -0.25) is 9.59 Å². The van der Waals surface area contributed by atoms with E-state index in [9.17, 15) is 9.59 Å². The number of fused-ring (bicyclic) bond motifs is 1. The number of nitrogens with zero attached hydrogens (tertiary/aromatic N) is 1. The molecule has 1 aliphatic heterocycles. The molecule has 2 aromatic rings. The molecule has 2 aromatic carbocycles. The number of hydrogen-bond donors (Lipinski definition) is 1. The third kappa shape index (κ3) is 2.97. The van der Waals surface area contributed by atoms with Gasteiger partial charge in [0.2, 0.25) is 5.91 Å². The molecule has 0 unspecified atom stereocenters. The van der Waals surface area contributed by atoms with Gasteiger partial charge in [-0.2, -0.15) is 0 Å². The van der Waals surface area contributed by atoms with Gasteiger partial charge in [0.25, 0.3) is 5.91 Å². The Bertz CT molecular complexity index is 730. The zero-order valence-electron chi connectivity index (χ0n) is 11.9. The molecule has 0 saturated heterocycles. The third-order valence-corrected chi connectivity index (χ3v) is 4.03. The van der Waals surface area contributed by atoms with Gasteiger partial charge < -0.3 is 10.2 Å². The Morgan fingerprint density at radius 3 is 2.64 bits per heavy atom. The first-order valence-corrected chi connectivity index (χ1v) is 7.40. The van der Waals surface area contributed by atoms with E-state index < -0.39 is 0 Å². The number of benzene rings is 2. The summed E-state index contributed by atoms with van der Waals surface area (Å²) >= 11 is 6.05. The number of nitrogens with one attached hydrogen (secondary N) is 1. The number of carbonyl (C=O) groups excluding carboxylic acids is 2. The van der Waals surface area contributed by atoms with Crippen molar-refractivity contribution in [3.05, 3.63) is 70.2 Å². The van der Waals surface area contributed by atoms with Gasteiger partial charge in [0, 0.05) is 23.7 Å². The molecular formula is C17H15ClN2O2. The highest BCUT2D eigenvalue weighted by Gasteiger charge is 2.27. The normalized spacial score (nSPS) is 13.1. The summed E-state index contributed by atoms with van der Waals surface area (Å²) in [5, 5.41) is 3.41. The Balaban J connectivity index is 1.57. The molecule has 1 aliphatic rings. The summed E-state index contributed by atoms with van der Waals surface area (Å²) in [6.07, 6.45) is 0. The smallest absolute Gasteiger partial charge is 0.254 e. The predicted octanol–water partition coefficient (Wildman–Crippen LogP) is 2.61. The monoisotopic (exact) mass is 314 g/mol. The van der Waals surface area contributed by atoms with E-state index in [0.717, 1.165) is 11.1 Å². The lowest BCUT2D eigenvalue weighted by molar-refractivity contribution is -0.122. The van der Waals surface area contributed by atoms with Crippen LogP contribution < -0.4 is 5.32 Å². The molecule has 0 saturated carbocycles. The SMILES string of the molecule is O=C(CN1Cc2ccccc2C1=O)NCc1ccccc1Cl. The van der Waals surface area contributed by atoms with Crippen molar-refractivity contribution in [1.82, 2.24) is 10.2 Å². The number of rotatable bonds is 4. The highest BCUT2D eigenvalue weighted by molar-refractivity contribution is 6.31. The average Bonchev–Trinajstić information content (AvgIpc) is 2.83. The van der Waals surface area contributed by atoms with E-state index in [0.29, 0.717) is 23.7 Å². The van der Waals surface area contributed by atoms with Crippen molar-refractivity contribution in [2.24, 2.45) is 0 Å². The Morgan fingerprint density at radius 1 is 1.14 bits per heavy atom. The van der Waals surface area contributed by atoms with E-state index in [4.69, 9.17) is 11.6 Å². The highest BCUT2D eigenvalue weighted by atomic mass is 35.5. The molecule has 112 valence electrons. The van der Waals surface area contributed by atoms with Crippen LogP contribution >= 0.6 is 11.6 Å². The maximum absolute atomic E-state index is 12.2. The molecule has 0 spiro atoms. The minimum atomic E-state index is -0.193. The summed E-state index contributed by atoms with van der Waals surface area (Å²) in [6, 6.07) is 14.8. The molecule has 3 rings (SSSR count). The topological polar surface area (TPSA) is 49.4 Å². The van der Waals surface area contributed by atoms with Crippen molar-refractivity contribution in [3.63, 3.8) is 0 Å². The Labute approximate surface area is 133 Å². The zero-order valence-corrected chi connectivity index (χ0v) is 12.6. The molecule has 0 radical (unpaired) electrons. The van der Waals surface area contributed by atoms with Crippen LogP contribution in [0.1, 0.15) is 21.5 Å². The Morgan fingerprint density at radius 2 is 1.86 bits per heavy atom. The van der Waals surface area contributed by atoms with Crippen LogP contribution in [0.2, 0.25) is 5.02 Å². The van der Waals surface area contributed by atoms with Crippen molar-refractivity contribution in [2.75, 3.05) is 6.54 Å². The summed E-state index contributed by atoms with van der Waals surface area (Å²) in [5.41, 5.74) is 2.50. The van der Waals surface area contributed by atoms with Crippen LogP contribution in [0.15, 0.2) is 48.5 Å². The lowest BCUT2D eigenvalue weighted by Crippen LogP contribution is -2.37. The molecule has 2 amide bonds. The van der Waals surface area contributed by atoms with Crippen LogP contribution in [0.25, 0.3) is 0 Å². The van der Waals surface area contributed by atoms with Gasteiger partial charge in [0.15, 0.2) is 0 Å². The standard InChI is InChI=1S/C17H15ClN2O2/c18-15-8-4-2-5-12(15)9-19-16(21)11-20-10-13-6-1-3-7-14(13)17(20)22/h1-8H,9-11H2,(H,19,21). The van der Waals surface area contributed by atoms with Crippen molar-refractivity contribution < 1.29 is 9.59 Å². The van der Waals surface area contributed by atoms with Crippen molar-refractivity contribution in [2.45, 2.75) is 13.1 Å². The van der Waals surface area contributed by atoms with Crippen LogP contribution in [0.4, 0.5) is 0 Å². The lowest BCUT2D eigenvalue weighted by atomic mass is 10.1. The molecule has 0 bridgehead atoms.